The van der Waals surface area contributed by atoms with Crippen molar-refractivity contribution < 1.29 is 9.53 Å². The Morgan fingerprint density at radius 3 is 2.76 bits per heavy atom. The summed E-state index contributed by atoms with van der Waals surface area (Å²) in [6, 6.07) is 5.54. The molecular formula is C15H19ClN2O2S. The fourth-order valence-corrected chi connectivity index (χ4v) is 2.93. The molecule has 1 aromatic rings. The van der Waals surface area contributed by atoms with Crippen molar-refractivity contribution in [2.24, 2.45) is 0 Å². The number of ether oxygens (including phenoxy) is 1. The summed E-state index contributed by atoms with van der Waals surface area (Å²) in [6.07, 6.45) is 4.81. The van der Waals surface area contributed by atoms with E-state index in [-0.39, 0.29) is 0 Å². The van der Waals surface area contributed by atoms with Crippen molar-refractivity contribution in [2.75, 3.05) is 11.9 Å². The maximum absolute atomic E-state index is 11.7. The number of carbonyl (C=O) groups excluding carboxylic acids is 1. The SMILES string of the molecule is CCOC(=O)c1ccc(NC(=S)NC2CCCC2)cc1Cl. The van der Waals surface area contributed by atoms with Crippen molar-refractivity contribution in [3.63, 3.8) is 0 Å². The Morgan fingerprint density at radius 2 is 2.14 bits per heavy atom. The molecule has 0 unspecified atom stereocenters. The van der Waals surface area contributed by atoms with Gasteiger partial charge in [0.2, 0.25) is 0 Å². The van der Waals surface area contributed by atoms with Crippen LogP contribution in [0.5, 0.6) is 0 Å². The van der Waals surface area contributed by atoms with E-state index in [1.807, 2.05) is 0 Å². The number of nitrogens with one attached hydrogen (secondary N) is 2. The van der Waals surface area contributed by atoms with Crippen LogP contribution in [0.3, 0.4) is 0 Å². The van der Waals surface area contributed by atoms with Crippen molar-refractivity contribution in [1.82, 2.24) is 5.32 Å². The van der Waals surface area contributed by atoms with Crippen molar-refractivity contribution in [3.8, 4) is 0 Å². The normalized spacial score (nSPS) is 14.8. The van der Waals surface area contributed by atoms with E-state index in [9.17, 15) is 4.79 Å². The highest BCUT2D eigenvalue weighted by molar-refractivity contribution is 7.80. The summed E-state index contributed by atoms with van der Waals surface area (Å²) in [6.45, 7) is 2.08. The zero-order chi connectivity index (χ0) is 15.2. The molecule has 1 aliphatic rings. The topological polar surface area (TPSA) is 50.4 Å². The van der Waals surface area contributed by atoms with Crippen molar-refractivity contribution in [1.29, 1.82) is 0 Å². The molecule has 4 nitrogen and oxygen atoms in total. The fraction of sp³-hybridized carbons (Fsp3) is 0.467. The molecule has 0 amide bonds. The summed E-state index contributed by atoms with van der Waals surface area (Å²) in [4.78, 5) is 11.7. The summed E-state index contributed by atoms with van der Waals surface area (Å²) in [7, 11) is 0. The van der Waals surface area contributed by atoms with Crippen LogP contribution in [0.2, 0.25) is 5.02 Å². The third-order valence-electron chi connectivity index (χ3n) is 3.41. The Kier molecular flexibility index (Phi) is 5.82. The highest BCUT2D eigenvalue weighted by Crippen LogP contribution is 2.22. The van der Waals surface area contributed by atoms with Crippen LogP contribution in [0.4, 0.5) is 5.69 Å². The van der Waals surface area contributed by atoms with Crippen LogP contribution < -0.4 is 10.6 Å². The molecule has 114 valence electrons. The summed E-state index contributed by atoms with van der Waals surface area (Å²) in [5, 5.41) is 7.32. The summed E-state index contributed by atoms with van der Waals surface area (Å²) in [5.41, 5.74) is 1.11. The smallest absolute Gasteiger partial charge is 0.339 e. The second kappa shape index (κ2) is 7.61. The number of thiocarbonyl (C=S) groups is 1. The first-order chi connectivity index (χ1) is 10.1. The summed E-state index contributed by atoms with van der Waals surface area (Å²) in [5.74, 6) is -0.416. The first kappa shape index (κ1) is 16.0. The molecular weight excluding hydrogens is 308 g/mol. The van der Waals surface area contributed by atoms with Crippen LogP contribution in [0.25, 0.3) is 0 Å². The zero-order valence-corrected chi connectivity index (χ0v) is 13.5. The van der Waals surface area contributed by atoms with Crippen LogP contribution >= 0.6 is 23.8 Å². The van der Waals surface area contributed by atoms with Crippen molar-refractivity contribution in [2.45, 2.75) is 38.6 Å². The van der Waals surface area contributed by atoms with Crippen LogP contribution in [0, 0.1) is 0 Å². The Labute approximate surface area is 135 Å². The van der Waals surface area contributed by atoms with Crippen molar-refractivity contribution >= 4 is 40.6 Å². The number of hydrogen-bond donors (Lipinski definition) is 2. The molecule has 0 spiro atoms. The van der Waals surface area contributed by atoms with Gasteiger partial charge in [-0.1, -0.05) is 24.4 Å². The zero-order valence-electron chi connectivity index (χ0n) is 11.9. The Hall–Kier alpha value is -1.33. The van der Waals surface area contributed by atoms with Gasteiger partial charge in [-0.25, -0.2) is 4.79 Å². The van der Waals surface area contributed by atoms with Crippen LogP contribution in [-0.2, 0) is 4.74 Å². The number of anilines is 1. The van der Waals surface area contributed by atoms with Crippen molar-refractivity contribution in [3.05, 3.63) is 28.8 Å². The molecule has 1 aromatic carbocycles. The van der Waals surface area contributed by atoms with Gasteiger partial charge in [-0.2, -0.15) is 0 Å². The van der Waals surface area contributed by atoms with E-state index in [0.717, 1.165) is 18.5 Å². The first-order valence-electron chi connectivity index (χ1n) is 7.14. The maximum Gasteiger partial charge on any atom is 0.339 e. The molecule has 21 heavy (non-hydrogen) atoms. The maximum atomic E-state index is 11.7. The van der Waals surface area contributed by atoms with Gasteiger partial charge in [-0.05, 0) is 50.2 Å². The van der Waals surface area contributed by atoms with Gasteiger partial charge in [0.25, 0.3) is 0 Å². The highest BCUT2D eigenvalue weighted by atomic mass is 35.5. The van der Waals surface area contributed by atoms with Gasteiger partial charge in [0.1, 0.15) is 0 Å². The lowest BCUT2D eigenvalue weighted by Gasteiger charge is -2.16. The molecule has 2 N–H and O–H groups in total. The van der Waals surface area contributed by atoms with E-state index in [4.69, 9.17) is 28.6 Å². The fourth-order valence-electron chi connectivity index (χ4n) is 2.39. The Morgan fingerprint density at radius 1 is 1.43 bits per heavy atom. The molecule has 0 radical (unpaired) electrons. The van der Waals surface area contributed by atoms with Gasteiger partial charge in [-0.3, -0.25) is 0 Å². The van der Waals surface area contributed by atoms with Gasteiger partial charge in [0, 0.05) is 11.7 Å². The van der Waals surface area contributed by atoms with Gasteiger partial charge < -0.3 is 15.4 Å². The number of halogens is 1. The minimum Gasteiger partial charge on any atom is -0.462 e. The second-order valence-corrected chi connectivity index (χ2v) is 5.81. The molecule has 1 aliphatic carbocycles. The molecule has 6 heteroatoms. The number of hydrogen-bond acceptors (Lipinski definition) is 3. The molecule has 2 rings (SSSR count). The Bertz CT molecular complexity index is 530. The number of carbonyl (C=O) groups is 1. The van der Waals surface area contributed by atoms with Gasteiger partial charge in [-0.15, -0.1) is 0 Å². The monoisotopic (exact) mass is 326 g/mol. The van der Waals surface area contributed by atoms with Gasteiger partial charge in [0.05, 0.1) is 17.2 Å². The quantitative estimate of drug-likeness (QED) is 0.652. The second-order valence-electron chi connectivity index (χ2n) is 4.99. The molecule has 1 fully saturated rings. The van der Waals surface area contributed by atoms with E-state index in [1.165, 1.54) is 12.8 Å². The van der Waals surface area contributed by atoms with Crippen LogP contribution in [-0.4, -0.2) is 23.7 Å². The average molecular weight is 327 g/mol. The molecule has 0 bridgehead atoms. The number of benzene rings is 1. The molecule has 0 heterocycles. The number of esters is 1. The van der Waals surface area contributed by atoms with Crippen LogP contribution in [0.1, 0.15) is 43.0 Å². The van der Waals surface area contributed by atoms with Gasteiger partial charge >= 0.3 is 5.97 Å². The molecule has 0 aliphatic heterocycles. The van der Waals surface area contributed by atoms with E-state index >= 15 is 0 Å². The minimum atomic E-state index is -0.416. The van der Waals surface area contributed by atoms with Crippen LogP contribution in [0.15, 0.2) is 18.2 Å². The minimum absolute atomic E-state index is 0.324. The lowest BCUT2D eigenvalue weighted by molar-refractivity contribution is 0.0526. The third-order valence-corrected chi connectivity index (χ3v) is 3.95. The Balaban J connectivity index is 1.96. The predicted molar refractivity (Wildman–Crippen MR) is 89.0 cm³/mol. The first-order valence-corrected chi connectivity index (χ1v) is 7.93. The summed E-state index contributed by atoms with van der Waals surface area (Å²) >= 11 is 11.4. The largest absolute Gasteiger partial charge is 0.462 e. The van der Waals surface area contributed by atoms with E-state index in [0.29, 0.717) is 28.3 Å². The summed E-state index contributed by atoms with van der Waals surface area (Å²) < 4.78 is 4.94. The van der Waals surface area contributed by atoms with E-state index in [1.54, 1.807) is 25.1 Å². The lowest BCUT2D eigenvalue weighted by Crippen LogP contribution is -2.35. The van der Waals surface area contributed by atoms with E-state index in [2.05, 4.69) is 10.6 Å². The van der Waals surface area contributed by atoms with Gasteiger partial charge in [0.15, 0.2) is 5.11 Å². The lowest BCUT2D eigenvalue weighted by atomic mass is 10.2. The molecule has 1 saturated carbocycles. The predicted octanol–water partition coefficient (Wildman–Crippen LogP) is 3.75. The van der Waals surface area contributed by atoms with E-state index < -0.39 is 5.97 Å². The third kappa shape index (κ3) is 4.58. The molecule has 0 saturated heterocycles. The standard InChI is InChI=1S/C15H19ClN2O2S/c1-2-20-14(19)12-8-7-11(9-13(12)16)18-15(21)17-10-5-3-4-6-10/h7-10H,2-6H2,1H3,(H2,17,18,21). The highest BCUT2D eigenvalue weighted by Gasteiger charge is 2.16. The number of rotatable bonds is 4. The molecule has 0 atom stereocenters. The average Bonchev–Trinajstić information content (AvgIpc) is 2.91. The molecule has 0 aromatic heterocycles.